The molecule has 1 aliphatic heterocycles. The van der Waals surface area contributed by atoms with Crippen LogP contribution in [0.25, 0.3) is 11.0 Å². The predicted octanol–water partition coefficient (Wildman–Crippen LogP) is 4.55. The maximum absolute atomic E-state index is 12.2. The lowest BCUT2D eigenvalue weighted by molar-refractivity contribution is -0.140. The standard InChI is InChI=1S/C16H22O2.C7H5F3N4/c1-2-4-15-11-16(6-5-14(15)3-1)18-12-13-7-9-17-10-8-13;8-7(9,10)4-1-3-5(11)12-2-13-6(3)14-4/h1-4,13,16H,5-12H2;1-2H,(H3,11,12,13,14). The molecule has 1 atom stereocenters. The third-order valence-corrected chi connectivity index (χ3v) is 5.97. The number of aryl methyl sites for hydroxylation is 1. The van der Waals surface area contributed by atoms with Gasteiger partial charge in [0, 0.05) is 19.8 Å². The van der Waals surface area contributed by atoms with Gasteiger partial charge < -0.3 is 20.2 Å². The van der Waals surface area contributed by atoms with Crippen LogP contribution in [0.4, 0.5) is 19.0 Å². The second kappa shape index (κ2) is 9.87. The Morgan fingerprint density at radius 3 is 2.56 bits per heavy atom. The highest BCUT2D eigenvalue weighted by Gasteiger charge is 2.33. The number of fused-ring (bicyclic) bond motifs is 2. The quantitative estimate of drug-likeness (QED) is 0.614. The summed E-state index contributed by atoms with van der Waals surface area (Å²) in [6.45, 7) is 2.76. The van der Waals surface area contributed by atoms with E-state index in [1.807, 2.05) is 0 Å². The fraction of sp³-hybridized carbons (Fsp3) is 0.478. The number of hydrogen-bond acceptors (Lipinski definition) is 5. The summed E-state index contributed by atoms with van der Waals surface area (Å²) in [5.74, 6) is 0.748. The van der Waals surface area contributed by atoms with Crippen LogP contribution in [0.2, 0.25) is 0 Å². The van der Waals surface area contributed by atoms with Gasteiger partial charge in [0.05, 0.1) is 11.5 Å². The summed E-state index contributed by atoms with van der Waals surface area (Å²) in [5.41, 5.74) is 7.59. The summed E-state index contributed by atoms with van der Waals surface area (Å²) < 4.78 is 48.2. The van der Waals surface area contributed by atoms with Gasteiger partial charge in [-0.2, -0.15) is 13.2 Å². The van der Waals surface area contributed by atoms with Crippen molar-refractivity contribution in [3.63, 3.8) is 0 Å². The van der Waals surface area contributed by atoms with Crippen molar-refractivity contribution in [2.24, 2.45) is 5.92 Å². The van der Waals surface area contributed by atoms with Crippen molar-refractivity contribution >= 4 is 16.9 Å². The average molecular weight is 448 g/mol. The van der Waals surface area contributed by atoms with E-state index in [0.29, 0.717) is 6.10 Å². The average Bonchev–Trinajstić information content (AvgIpc) is 3.25. The Labute approximate surface area is 184 Å². The topological polar surface area (TPSA) is 86.1 Å². The highest BCUT2D eigenvalue weighted by Crippen LogP contribution is 2.31. The van der Waals surface area contributed by atoms with Gasteiger partial charge in [-0.25, -0.2) is 9.97 Å². The van der Waals surface area contributed by atoms with Crippen LogP contribution in [0.5, 0.6) is 0 Å². The highest BCUT2D eigenvalue weighted by atomic mass is 19.4. The molecule has 3 N–H and O–H groups in total. The van der Waals surface area contributed by atoms with Gasteiger partial charge in [0.2, 0.25) is 0 Å². The van der Waals surface area contributed by atoms with Crippen LogP contribution in [0.15, 0.2) is 36.7 Å². The number of anilines is 1. The number of aromatic nitrogens is 3. The molecule has 6 nitrogen and oxygen atoms in total. The van der Waals surface area contributed by atoms with Gasteiger partial charge in [0.1, 0.15) is 23.5 Å². The molecular formula is C23H27F3N4O2. The number of nitrogens with one attached hydrogen (secondary N) is 1. The molecule has 2 aromatic heterocycles. The van der Waals surface area contributed by atoms with Crippen LogP contribution in [0, 0.1) is 5.92 Å². The van der Waals surface area contributed by atoms with Crippen LogP contribution >= 0.6 is 0 Å². The lowest BCUT2D eigenvalue weighted by atomic mass is 9.90. The Morgan fingerprint density at radius 2 is 1.84 bits per heavy atom. The first-order chi connectivity index (χ1) is 15.4. The number of aromatic amines is 1. The minimum absolute atomic E-state index is 0.0294. The molecule has 0 amide bonds. The van der Waals surface area contributed by atoms with Crippen molar-refractivity contribution in [2.45, 2.75) is 44.4 Å². The number of nitrogen functional groups attached to an aromatic ring is 1. The van der Waals surface area contributed by atoms with Crippen LogP contribution in [-0.4, -0.2) is 40.9 Å². The monoisotopic (exact) mass is 448 g/mol. The first-order valence-corrected chi connectivity index (χ1v) is 10.8. The van der Waals surface area contributed by atoms with E-state index in [4.69, 9.17) is 15.2 Å². The number of nitrogens with two attached hydrogens (primary N) is 1. The highest BCUT2D eigenvalue weighted by molar-refractivity contribution is 5.86. The fourth-order valence-electron chi connectivity index (χ4n) is 4.10. The molecule has 32 heavy (non-hydrogen) atoms. The Balaban J connectivity index is 0.000000158. The van der Waals surface area contributed by atoms with E-state index in [1.54, 1.807) is 0 Å². The largest absolute Gasteiger partial charge is 0.431 e. The summed E-state index contributed by atoms with van der Waals surface area (Å²) in [7, 11) is 0. The predicted molar refractivity (Wildman–Crippen MR) is 115 cm³/mol. The van der Waals surface area contributed by atoms with Crippen LogP contribution in [0.3, 0.4) is 0 Å². The number of H-pyrrole nitrogens is 1. The molecule has 5 rings (SSSR count). The van der Waals surface area contributed by atoms with E-state index in [1.165, 1.54) is 36.8 Å². The zero-order valence-corrected chi connectivity index (χ0v) is 17.7. The molecule has 3 heterocycles. The lowest BCUT2D eigenvalue weighted by Gasteiger charge is -2.28. The number of benzene rings is 1. The number of hydrogen-bond donors (Lipinski definition) is 2. The number of rotatable bonds is 3. The number of nitrogens with zero attached hydrogens (tertiary/aromatic N) is 2. The van der Waals surface area contributed by atoms with Crippen molar-refractivity contribution in [1.29, 1.82) is 0 Å². The summed E-state index contributed by atoms with van der Waals surface area (Å²) >= 11 is 0. The molecule has 1 unspecified atom stereocenters. The zero-order chi connectivity index (χ0) is 22.6. The lowest BCUT2D eigenvalue weighted by Crippen LogP contribution is -2.27. The molecule has 0 bridgehead atoms. The molecule has 0 saturated carbocycles. The van der Waals surface area contributed by atoms with E-state index in [0.717, 1.165) is 44.6 Å². The summed E-state index contributed by atoms with van der Waals surface area (Å²) in [4.78, 5) is 9.33. The van der Waals surface area contributed by atoms with Gasteiger partial charge in [-0.1, -0.05) is 24.3 Å². The Bertz CT molecular complexity index is 1030. The van der Waals surface area contributed by atoms with Gasteiger partial charge in [-0.05, 0) is 55.2 Å². The summed E-state index contributed by atoms with van der Waals surface area (Å²) in [5, 5.41) is 0.180. The van der Waals surface area contributed by atoms with E-state index in [2.05, 4.69) is 39.2 Å². The fourth-order valence-corrected chi connectivity index (χ4v) is 4.10. The third kappa shape index (κ3) is 5.58. The maximum atomic E-state index is 12.2. The van der Waals surface area contributed by atoms with E-state index >= 15 is 0 Å². The van der Waals surface area contributed by atoms with Gasteiger partial charge in [-0.15, -0.1) is 0 Å². The molecule has 3 aromatic rings. The van der Waals surface area contributed by atoms with E-state index < -0.39 is 11.9 Å². The SMILES string of the molecule is Nc1ncnc2[nH]c(C(F)(F)F)cc12.c1ccc2c(c1)CCC(OCC1CCOCC1)C2. The Morgan fingerprint density at radius 1 is 1.09 bits per heavy atom. The number of halogens is 3. The molecular weight excluding hydrogens is 421 g/mol. The molecule has 0 spiro atoms. The molecule has 172 valence electrons. The zero-order valence-electron chi connectivity index (χ0n) is 17.7. The first kappa shape index (κ1) is 22.5. The molecule has 0 radical (unpaired) electrons. The molecule has 9 heteroatoms. The second-order valence-electron chi connectivity index (χ2n) is 8.22. The summed E-state index contributed by atoms with van der Waals surface area (Å²) in [6.07, 6.45) is 2.91. The van der Waals surface area contributed by atoms with Crippen molar-refractivity contribution in [2.75, 3.05) is 25.6 Å². The normalized spacial score (nSPS) is 19.3. The van der Waals surface area contributed by atoms with Crippen LogP contribution in [-0.2, 0) is 28.5 Å². The van der Waals surface area contributed by atoms with Crippen molar-refractivity contribution in [3.8, 4) is 0 Å². The van der Waals surface area contributed by atoms with Gasteiger partial charge in [0.25, 0.3) is 0 Å². The van der Waals surface area contributed by atoms with Crippen LogP contribution < -0.4 is 5.73 Å². The first-order valence-electron chi connectivity index (χ1n) is 10.8. The van der Waals surface area contributed by atoms with Gasteiger partial charge in [0.15, 0.2) is 0 Å². The molecule has 2 aliphatic rings. The van der Waals surface area contributed by atoms with Gasteiger partial charge in [-0.3, -0.25) is 0 Å². The number of ether oxygens (including phenoxy) is 2. The Hall–Kier alpha value is -2.65. The van der Waals surface area contributed by atoms with Crippen molar-refractivity contribution < 1.29 is 22.6 Å². The molecule has 1 saturated heterocycles. The molecule has 1 aliphatic carbocycles. The second-order valence-corrected chi connectivity index (χ2v) is 8.22. The van der Waals surface area contributed by atoms with Gasteiger partial charge >= 0.3 is 6.18 Å². The third-order valence-electron chi connectivity index (χ3n) is 5.97. The van der Waals surface area contributed by atoms with E-state index in [-0.39, 0.29) is 16.9 Å². The van der Waals surface area contributed by atoms with Crippen molar-refractivity contribution in [3.05, 3.63) is 53.5 Å². The Kier molecular flexibility index (Phi) is 6.95. The van der Waals surface area contributed by atoms with Crippen molar-refractivity contribution in [1.82, 2.24) is 15.0 Å². The maximum Gasteiger partial charge on any atom is 0.431 e. The summed E-state index contributed by atoms with van der Waals surface area (Å²) in [6, 6.07) is 9.68. The van der Waals surface area contributed by atoms with Crippen LogP contribution in [0.1, 0.15) is 36.1 Å². The minimum Gasteiger partial charge on any atom is -0.383 e. The minimum atomic E-state index is -4.42. The number of alkyl halides is 3. The smallest absolute Gasteiger partial charge is 0.383 e. The van der Waals surface area contributed by atoms with E-state index in [9.17, 15) is 13.2 Å². The molecule has 1 fully saturated rings. The molecule has 1 aromatic carbocycles.